The largest absolute Gasteiger partial charge is 0.471 e. The average molecular weight is 388 g/mol. The van der Waals surface area contributed by atoms with E-state index in [-0.39, 0.29) is 11.8 Å². The quantitative estimate of drug-likeness (QED) is 0.201. The predicted molar refractivity (Wildman–Crippen MR) is 123 cm³/mol. The van der Waals surface area contributed by atoms with Crippen LogP contribution in [0.25, 0.3) is 6.08 Å². The van der Waals surface area contributed by atoms with Gasteiger partial charge in [-0.2, -0.15) is 0 Å². The van der Waals surface area contributed by atoms with Gasteiger partial charge in [0.1, 0.15) is 0 Å². The maximum atomic E-state index is 12.5. The number of ether oxygens (including phenoxy) is 1. The van der Waals surface area contributed by atoms with Gasteiger partial charge in [-0.05, 0) is 24.8 Å². The van der Waals surface area contributed by atoms with Crippen LogP contribution in [-0.4, -0.2) is 38.6 Å². The van der Waals surface area contributed by atoms with E-state index in [1.54, 1.807) is 0 Å². The molecule has 0 saturated heterocycles. The molecule has 0 aromatic heterocycles. The zero-order chi connectivity index (χ0) is 20.0. The molecule has 0 fully saturated rings. The minimum atomic E-state index is -1.27. The fourth-order valence-electron chi connectivity index (χ4n) is 3.42. The molecule has 0 spiro atoms. The minimum Gasteiger partial charge on any atom is -0.471 e. The van der Waals surface area contributed by atoms with Crippen LogP contribution in [0.1, 0.15) is 64.9 Å². The van der Waals surface area contributed by atoms with Gasteiger partial charge in [0.15, 0.2) is 0 Å². The number of hydrogen-bond acceptors (Lipinski definition) is 2. The van der Waals surface area contributed by atoms with Crippen molar-refractivity contribution in [3.05, 3.63) is 42.0 Å². The number of unbranched alkanes of at least 4 members (excludes halogenated alkanes) is 3. The Balaban J connectivity index is 3.05. The van der Waals surface area contributed by atoms with Crippen molar-refractivity contribution in [2.24, 2.45) is 0 Å². The molecule has 2 nitrogen and oxygen atoms in total. The molecular weight excluding hydrogens is 350 g/mol. The molecule has 1 aromatic carbocycles. The van der Waals surface area contributed by atoms with E-state index in [9.17, 15) is 4.79 Å². The van der Waals surface area contributed by atoms with Crippen LogP contribution < -0.4 is 0 Å². The number of hydrogen-bond donors (Lipinski definition) is 0. The van der Waals surface area contributed by atoms with E-state index in [4.69, 9.17) is 4.74 Å². The summed E-state index contributed by atoms with van der Waals surface area (Å²) in [5.74, 6) is -0.370. The van der Waals surface area contributed by atoms with Crippen LogP contribution in [0.2, 0.25) is 5.82 Å². The van der Waals surface area contributed by atoms with Crippen LogP contribution in [0.3, 0.4) is 0 Å². The minimum absolute atomic E-state index is 0.129. The summed E-state index contributed by atoms with van der Waals surface area (Å²) >= 11 is 0. The molecule has 0 amide bonds. The standard InChI is InChI=1S/C23H38BO2P/c1-5-8-18-27(19-9-6-2,20-10-7-3)24-22(23(25)26-4)17-16-21-14-12-11-13-15-21/h11-17,22H,5-10,18-20H2,1-4H3/b17-16+. The van der Waals surface area contributed by atoms with Crippen molar-refractivity contribution < 1.29 is 9.53 Å². The first kappa shape index (κ1) is 24.0. The molecule has 27 heavy (non-hydrogen) atoms. The van der Waals surface area contributed by atoms with E-state index in [0.717, 1.165) is 5.56 Å². The average Bonchev–Trinajstić information content (AvgIpc) is 2.72. The molecule has 2 radical (unpaired) electrons. The molecule has 150 valence electrons. The van der Waals surface area contributed by atoms with Crippen LogP contribution in [-0.2, 0) is 9.53 Å². The SMILES string of the molecule is CCCC[P+]([B-]C(/C=C/c1ccccc1)C(=O)OC)(CCCC)CCCC. The fraction of sp³-hybridized carbons (Fsp3) is 0.609. The second kappa shape index (κ2) is 14.0. The third-order valence-electron chi connectivity index (χ3n) is 5.12. The van der Waals surface area contributed by atoms with Crippen molar-refractivity contribution in [1.82, 2.24) is 0 Å². The highest BCUT2D eigenvalue weighted by molar-refractivity contribution is 8.00. The van der Waals surface area contributed by atoms with Gasteiger partial charge < -0.3 is 4.74 Å². The molecule has 0 bridgehead atoms. The van der Waals surface area contributed by atoms with Gasteiger partial charge in [-0.15, -0.1) is 6.08 Å². The lowest BCUT2D eigenvalue weighted by Gasteiger charge is -2.42. The number of benzene rings is 1. The number of carbonyl (C=O) groups excluding carboxylic acids is 1. The van der Waals surface area contributed by atoms with Crippen molar-refractivity contribution in [3.63, 3.8) is 0 Å². The van der Waals surface area contributed by atoms with Gasteiger partial charge in [-0.3, -0.25) is 4.79 Å². The molecule has 0 aliphatic heterocycles. The normalized spacial score (nSPS) is 13.0. The lowest BCUT2D eigenvalue weighted by Crippen LogP contribution is -2.23. The smallest absolute Gasteiger partial charge is 0.274 e. The second-order valence-electron chi connectivity index (χ2n) is 7.42. The molecule has 1 unspecified atom stereocenters. The highest BCUT2D eigenvalue weighted by Gasteiger charge is 2.28. The van der Waals surface area contributed by atoms with Crippen LogP contribution in [0.5, 0.6) is 0 Å². The van der Waals surface area contributed by atoms with Crippen molar-refractivity contribution in [1.29, 1.82) is 0 Å². The maximum Gasteiger partial charge on any atom is 0.274 e. The number of methoxy groups -OCH3 is 1. The molecule has 0 heterocycles. The lowest BCUT2D eigenvalue weighted by atomic mass is 9.85. The Kier molecular flexibility index (Phi) is 12.4. The van der Waals surface area contributed by atoms with Crippen LogP contribution >= 0.6 is 7.14 Å². The van der Waals surface area contributed by atoms with Crippen molar-refractivity contribution in [2.45, 2.75) is 65.1 Å². The molecule has 1 aromatic rings. The maximum absolute atomic E-state index is 12.5. The molecule has 0 saturated carbocycles. The number of rotatable bonds is 14. The summed E-state index contributed by atoms with van der Waals surface area (Å²) in [6.45, 7) is 9.23. The number of esters is 1. The predicted octanol–water partition coefficient (Wildman–Crippen LogP) is 6.70. The van der Waals surface area contributed by atoms with Crippen molar-refractivity contribution >= 4 is 26.2 Å². The number of carbonyl (C=O) groups is 1. The van der Waals surface area contributed by atoms with E-state index >= 15 is 0 Å². The zero-order valence-corrected chi connectivity index (χ0v) is 18.7. The van der Waals surface area contributed by atoms with Gasteiger partial charge in [0.05, 0.1) is 7.11 Å². The molecular formula is C23H38BO2P. The van der Waals surface area contributed by atoms with E-state index in [2.05, 4.69) is 46.0 Å². The molecule has 4 heteroatoms. The third-order valence-corrected chi connectivity index (χ3v) is 9.69. The first-order valence-electron chi connectivity index (χ1n) is 10.6. The summed E-state index contributed by atoms with van der Waals surface area (Å²) in [5.41, 5.74) is 1.12. The first-order valence-corrected chi connectivity index (χ1v) is 13.0. The Hall–Kier alpha value is -1.08. The van der Waals surface area contributed by atoms with Crippen molar-refractivity contribution in [2.75, 3.05) is 25.6 Å². The van der Waals surface area contributed by atoms with E-state index in [1.165, 1.54) is 64.1 Å². The van der Waals surface area contributed by atoms with Crippen LogP contribution in [0.15, 0.2) is 36.4 Å². The Morgan fingerprint density at radius 3 is 1.96 bits per heavy atom. The lowest BCUT2D eigenvalue weighted by molar-refractivity contribution is -0.139. The van der Waals surface area contributed by atoms with Gasteiger partial charge in [0.25, 0.3) is 5.97 Å². The van der Waals surface area contributed by atoms with Gasteiger partial charge in [0, 0.05) is 18.5 Å². The summed E-state index contributed by atoms with van der Waals surface area (Å²) in [6, 6.07) is 10.2. The zero-order valence-electron chi connectivity index (χ0n) is 17.8. The summed E-state index contributed by atoms with van der Waals surface area (Å²) < 4.78 is 5.16. The molecule has 1 rings (SSSR count). The Bertz CT molecular complexity index is 523. The fourth-order valence-corrected chi connectivity index (χ4v) is 8.28. The van der Waals surface area contributed by atoms with Crippen LogP contribution in [0, 0.1) is 0 Å². The third kappa shape index (κ3) is 9.11. The Morgan fingerprint density at radius 1 is 1.00 bits per heavy atom. The summed E-state index contributed by atoms with van der Waals surface area (Å²) in [6.07, 6.45) is 15.4. The summed E-state index contributed by atoms with van der Waals surface area (Å²) in [7, 11) is 0.236. The molecule has 0 N–H and O–H groups in total. The molecule has 0 aliphatic rings. The topological polar surface area (TPSA) is 26.3 Å². The van der Waals surface area contributed by atoms with Gasteiger partial charge in [-0.25, -0.2) is 7.14 Å². The highest BCUT2D eigenvalue weighted by Crippen LogP contribution is 2.61. The molecule has 0 aliphatic carbocycles. The highest BCUT2D eigenvalue weighted by atomic mass is 31.2. The van der Waals surface area contributed by atoms with Gasteiger partial charge >= 0.3 is 0 Å². The van der Waals surface area contributed by atoms with Gasteiger partial charge in [0.2, 0.25) is 0 Å². The summed E-state index contributed by atoms with van der Waals surface area (Å²) in [4.78, 5) is 12.5. The van der Waals surface area contributed by atoms with Crippen molar-refractivity contribution in [3.8, 4) is 0 Å². The summed E-state index contributed by atoms with van der Waals surface area (Å²) in [5, 5.41) is 0. The van der Waals surface area contributed by atoms with E-state index < -0.39 is 7.14 Å². The van der Waals surface area contributed by atoms with Gasteiger partial charge in [-0.1, -0.05) is 89.3 Å². The monoisotopic (exact) mass is 388 g/mol. The van der Waals surface area contributed by atoms with E-state index in [1.807, 2.05) is 24.3 Å². The van der Waals surface area contributed by atoms with Crippen LogP contribution in [0.4, 0.5) is 0 Å². The second-order valence-corrected chi connectivity index (χ2v) is 11.5. The molecule has 1 atom stereocenters. The Morgan fingerprint density at radius 2 is 1.52 bits per heavy atom. The first-order chi connectivity index (χ1) is 13.1. The Labute approximate surface area is 168 Å². The van der Waals surface area contributed by atoms with E-state index in [0.29, 0.717) is 0 Å².